The topological polar surface area (TPSA) is 65.2 Å². The molecule has 0 saturated heterocycles. The molecule has 4 heteroatoms. The first kappa shape index (κ1) is 29.9. The van der Waals surface area contributed by atoms with Crippen LogP contribution in [-0.4, -0.2) is 34.7 Å². The van der Waals surface area contributed by atoms with Gasteiger partial charge in [-0.25, -0.2) is 0 Å². The van der Waals surface area contributed by atoms with Crippen LogP contribution in [0.3, 0.4) is 0 Å². The van der Waals surface area contributed by atoms with E-state index in [1.165, 1.54) is 11.1 Å². The van der Waals surface area contributed by atoms with Crippen LogP contribution < -0.4 is 0 Å². The molecule has 3 rings (SSSR count). The van der Waals surface area contributed by atoms with Crippen LogP contribution in [0.15, 0.2) is 34.3 Å². The van der Waals surface area contributed by atoms with E-state index < -0.39 is 0 Å². The minimum absolute atomic E-state index is 0.135. The zero-order chi connectivity index (χ0) is 28.4. The Morgan fingerprint density at radius 1 is 0.632 bits per heavy atom. The molecule has 0 aromatic heterocycles. The number of nitrogens with zero attached hydrogens (tertiary/aromatic N) is 2. The summed E-state index contributed by atoms with van der Waals surface area (Å²) in [5.41, 5.74) is 5.77. The van der Waals surface area contributed by atoms with Gasteiger partial charge in [0.1, 0.15) is 11.5 Å². The number of benzene rings is 2. The summed E-state index contributed by atoms with van der Waals surface area (Å²) in [7, 11) is 0. The highest BCUT2D eigenvalue weighted by atomic mass is 16.3. The van der Waals surface area contributed by atoms with Crippen molar-refractivity contribution in [3.63, 3.8) is 0 Å². The van der Waals surface area contributed by atoms with E-state index in [4.69, 9.17) is 9.98 Å². The van der Waals surface area contributed by atoms with Gasteiger partial charge in [-0.05, 0) is 71.6 Å². The van der Waals surface area contributed by atoms with E-state index in [9.17, 15) is 10.2 Å². The average Bonchev–Trinajstić information content (AvgIpc) is 2.81. The molecule has 2 N–H and O–H groups in total. The van der Waals surface area contributed by atoms with Gasteiger partial charge in [0.25, 0.3) is 0 Å². The smallest absolute Gasteiger partial charge is 0.128 e. The molecule has 1 fully saturated rings. The summed E-state index contributed by atoms with van der Waals surface area (Å²) in [6.07, 6.45) is 7.66. The minimum atomic E-state index is -0.135. The summed E-state index contributed by atoms with van der Waals surface area (Å²) in [4.78, 5) is 9.79. The molecule has 38 heavy (non-hydrogen) atoms. The Morgan fingerprint density at radius 2 is 0.947 bits per heavy atom. The van der Waals surface area contributed by atoms with Gasteiger partial charge in [0.05, 0.1) is 12.1 Å². The van der Waals surface area contributed by atoms with Gasteiger partial charge in [0.15, 0.2) is 0 Å². The van der Waals surface area contributed by atoms with Crippen molar-refractivity contribution in [1.29, 1.82) is 0 Å². The van der Waals surface area contributed by atoms with Crippen molar-refractivity contribution in [1.82, 2.24) is 0 Å². The molecule has 2 aromatic carbocycles. The van der Waals surface area contributed by atoms with E-state index in [-0.39, 0.29) is 22.9 Å². The molecule has 4 nitrogen and oxygen atoms in total. The molecule has 1 saturated carbocycles. The van der Waals surface area contributed by atoms with E-state index in [2.05, 4.69) is 93.5 Å². The summed E-state index contributed by atoms with van der Waals surface area (Å²) in [5, 5.41) is 22.0. The molecule has 0 radical (unpaired) electrons. The summed E-state index contributed by atoms with van der Waals surface area (Å²) in [5.74, 6) is 1.47. The van der Waals surface area contributed by atoms with Gasteiger partial charge in [-0.3, -0.25) is 9.98 Å². The fourth-order valence-electron chi connectivity index (χ4n) is 5.09. The molecule has 208 valence electrons. The van der Waals surface area contributed by atoms with Crippen LogP contribution in [0, 0.1) is 0 Å². The number of phenols is 2. The summed E-state index contributed by atoms with van der Waals surface area (Å²) < 4.78 is 0. The minimum Gasteiger partial charge on any atom is -0.507 e. The molecule has 0 aliphatic heterocycles. The van der Waals surface area contributed by atoms with Crippen LogP contribution in [0.2, 0.25) is 0 Å². The van der Waals surface area contributed by atoms with Gasteiger partial charge in [-0.2, -0.15) is 0 Å². The van der Waals surface area contributed by atoms with Gasteiger partial charge in [-0.1, -0.05) is 81.4 Å². The second-order valence-electron chi connectivity index (χ2n) is 13.8. The molecular weight excluding hydrogens is 468 g/mol. The van der Waals surface area contributed by atoms with Crippen LogP contribution in [0.5, 0.6) is 11.5 Å². The third-order valence-electron chi connectivity index (χ3n) is 7.79. The third-order valence-corrected chi connectivity index (χ3v) is 7.79. The van der Waals surface area contributed by atoms with Gasteiger partial charge in [0.2, 0.25) is 0 Å². The normalized spacial score (nSPS) is 19.4. The van der Waals surface area contributed by atoms with Crippen LogP contribution >= 0.6 is 0 Å². The SMILES string of the molecule is CC(C)c1cc(C=NC2CCC(N=Cc3cc(C(C)C)cc(C(C)(C)C)c3O)CC2)c(O)c(C(C)(C)C)c1. The molecule has 0 bridgehead atoms. The molecule has 2 aromatic rings. The van der Waals surface area contributed by atoms with Gasteiger partial charge < -0.3 is 10.2 Å². The molecule has 1 aliphatic carbocycles. The Hall–Kier alpha value is -2.62. The van der Waals surface area contributed by atoms with Crippen molar-refractivity contribution in [3.05, 3.63) is 57.6 Å². The lowest BCUT2D eigenvalue weighted by Gasteiger charge is -2.25. The van der Waals surface area contributed by atoms with Crippen LogP contribution in [0.25, 0.3) is 0 Å². The van der Waals surface area contributed by atoms with Crippen molar-refractivity contribution in [3.8, 4) is 11.5 Å². The molecule has 0 unspecified atom stereocenters. The predicted octanol–water partition coefficient (Wildman–Crippen LogP) is 8.79. The first-order chi connectivity index (χ1) is 17.6. The maximum Gasteiger partial charge on any atom is 0.128 e. The maximum atomic E-state index is 11.0. The highest BCUT2D eigenvalue weighted by Crippen LogP contribution is 2.37. The number of hydrogen-bond acceptors (Lipinski definition) is 4. The lowest BCUT2D eigenvalue weighted by Crippen LogP contribution is -2.20. The molecule has 0 atom stereocenters. The maximum absolute atomic E-state index is 11.0. The first-order valence-electron chi connectivity index (χ1n) is 14.4. The number of aromatic hydroxyl groups is 2. The van der Waals surface area contributed by atoms with E-state index in [1.54, 1.807) is 0 Å². The Morgan fingerprint density at radius 3 is 1.21 bits per heavy atom. The Bertz CT molecular complexity index is 1070. The number of rotatable bonds is 6. The second-order valence-corrected chi connectivity index (χ2v) is 13.8. The van der Waals surface area contributed by atoms with Gasteiger partial charge in [0, 0.05) is 34.7 Å². The molecule has 0 heterocycles. The summed E-state index contributed by atoms with van der Waals surface area (Å²) in [6.45, 7) is 21.6. The fourth-order valence-corrected chi connectivity index (χ4v) is 5.09. The average molecular weight is 519 g/mol. The molecule has 0 spiro atoms. The van der Waals surface area contributed by atoms with Crippen LogP contribution in [0.4, 0.5) is 0 Å². The Labute approximate surface area is 231 Å². The fraction of sp³-hybridized carbons (Fsp3) is 0.588. The van der Waals surface area contributed by atoms with E-state index in [0.29, 0.717) is 23.3 Å². The summed E-state index contributed by atoms with van der Waals surface area (Å²) in [6, 6.07) is 8.93. The third kappa shape index (κ3) is 7.27. The van der Waals surface area contributed by atoms with Crippen molar-refractivity contribution >= 4 is 12.4 Å². The lowest BCUT2D eigenvalue weighted by molar-refractivity contribution is 0.399. The zero-order valence-corrected chi connectivity index (χ0v) is 25.4. The molecule has 1 aliphatic rings. The molecular formula is C34H50N2O2. The monoisotopic (exact) mass is 518 g/mol. The lowest BCUT2D eigenvalue weighted by atomic mass is 9.82. The van der Waals surface area contributed by atoms with Crippen molar-refractivity contribution in [2.75, 3.05) is 0 Å². The largest absolute Gasteiger partial charge is 0.507 e. The van der Waals surface area contributed by atoms with Crippen molar-refractivity contribution in [2.45, 2.75) is 130 Å². The van der Waals surface area contributed by atoms with Crippen LogP contribution in [0.1, 0.15) is 140 Å². The first-order valence-corrected chi connectivity index (χ1v) is 14.4. The van der Waals surface area contributed by atoms with Gasteiger partial charge in [-0.15, -0.1) is 0 Å². The highest BCUT2D eigenvalue weighted by Gasteiger charge is 2.24. The molecule has 0 amide bonds. The number of hydrogen-bond donors (Lipinski definition) is 2. The van der Waals surface area contributed by atoms with Crippen LogP contribution in [-0.2, 0) is 10.8 Å². The number of aliphatic imine (C=N–C) groups is 2. The van der Waals surface area contributed by atoms with E-state index in [0.717, 1.165) is 47.9 Å². The van der Waals surface area contributed by atoms with E-state index >= 15 is 0 Å². The number of phenolic OH excluding ortho intramolecular Hbond substituents is 2. The Kier molecular flexibility index (Phi) is 9.16. The van der Waals surface area contributed by atoms with E-state index in [1.807, 2.05) is 12.4 Å². The second kappa shape index (κ2) is 11.6. The predicted molar refractivity (Wildman–Crippen MR) is 163 cm³/mol. The van der Waals surface area contributed by atoms with Crippen molar-refractivity contribution in [2.24, 2.45) is 9.98 Å². The Balaban J connectivity index is 1.73. The zero-order valence-electron chi connectivity index (χ0n) is 25.4. The highest BCUT2D eigenvalue weighted by molar-refractivity contribution is 5.85. The summed E-state index contributed by atoms with van der Waals surface area (Å²) >= 11 is 0. The standard InChI is InChI=1S/C34H50N2O2/c1-21(2)23-15-25(31(37)29(17-23)33(5,6)7)19-35-27-11-13-28(14-12-27)36-20-26-16-24(22(3)4)18-30(32(26)38)34(8,9)10/h15-22,27-28,37-38H,11-14H2,1-10H3. The van der Waals surface area contributed by atoms with Gasteiger partial charge >= 0.3 is 0 Å². The van der Waals surface area contributed by atoms with Crippen molar-refractivity contribution < 1.29 is 10.2 Å². The quantitative estimate of drug-likeness (QED) is 0.375.